The van der Waals surface area contributed by atoms with E-state index in [2.05, 4.69) is 13.8 Å². The molecule has 0 amide bonds. The number of carbonyl (C=O) groups excluding carboxylic acids is 2. The quantitative estimate of drug-likeness (QED) is 0.593. The summed E-state index contributed by atoms with van der Waals surface area (Å²) in [6.07, 6.45) is 1.04. The summed E-state index contributed by atoms with van der Waals surface area (Å²) in [6.45, 7) is 3.95. The van der Waals surface area contributed by atoms with Gasteiger partial charge in [-0.05, 0) is 42.2 Å². The van der Waals surface area contributed by atoms with Gasteiger partial charge in [0.25, 0.3) is 0 Å². The van der Waals surface area contributed by atoms with Crippen molar-refractivity contribution in [3.05, 3.63) is 70.8 Å². The third-order valence-electron chi connectivity index (χ3n) is 4.00. The highest BCUT2D eigenvalue weighted by Crippen LogP contribution is 2.19. The van der Waals surface area contributed by atoms with Gasteiger partial charge in [0.2, 0.25) is 0 Å². The number of carbonyl (C=O) groups is 2. The van der Waals surface area contributed by atoms with Crippen LogP contribution >= 0.6 is 0 Å². The van der Waals surface area contributed by atoms with Crippen LogP contribution in [-0.4, -0.2) is 18.4 Å². The minimum absolute atomic E-state index is 0.243. The van der Waals surface area contributed by atoms with Crippen molar-refractivity contribution in [2.24, 2.45) is 0 Å². The van der Waals surface area contributed by atoms with Crippen molar-refractivity contribution in [2.45, 2.75) is 26.2 Å². The maximum Gasteiger partial charge on any atom is 0.338 e. The van der Waals surface area contributed by atoms with Gasteiger partial charge in [0.15, 0.2) is 12.4 Å². The van der Waals surface area contributed by atoms with Crippen LogP contribution in [0.4, 0.5) is 0 Å². The zero-order chi connectivity index (χ0) is 17.5. The Morgan fingerprint density at radius 3 is 2.17 bits per heavy atom. The Bertz CT molecular complexity index is 755. The second kappa shape index (κ2) is 8.07. The molecule has 0 aromatic heterocycles. The minimum Gasteiger partial charge on any atom is -0.454 e. The van der Waals surface area contributed by atoms with E-state index in [1.54, 1.807) is 12.1 Å². The lowest BCUT2D eigenvalue weighted by molar-refractivity contribution is 0.0475. The van der Waals surface area contributed by atoms with Gasteiger partial charge < -0.3 is 4.74 Å². The second-order valence-corrected chi connectivity index (χ2v) is 5.62. The fourth-order valence-electron chi connectivity index (χ4n) is 2.21. The minimum atomic E-state index is -0.580. The first-order valence-corrected chi connectivity index (χ1v) is 7.85. The van der Waals surface area contributed by atoms with E-state index in [0.717, 1.165) is 6.42 Å². The Kier molecular flexibility index (Phi) is 5.86. The smallest absolute Gasteiger partial charge is 0.338 e. The monoisotopic (exact) mass is 321 g/mol. The van der Waals surface area contributed by atoms with Crippen LogP contribution < -0.4 is 0 Å². The zero-order valence-electron chi connectivity index (χ0n) is 13.8. The average Bonchev–Trinajstić information content (AvgIpc) is 2.65. The maximum atomic E-state index is 12.1. The third-order valence-corrected chi connectivity index (χ3v) is 4.00. The number of rotatable bonds is 6. The molecule has 0 unspecified atom stereocenters. The Morgan fingerprint density at radius 2 is 1.62 bits per heavy atom. The molecule has 4 nitrogen and oxygen atoms in total. The van der Waals surface area contributed by atoms with Crippen LogP contribution in [-0.2, 0) is 4.74 Å². The second-order valence-electron chi connectivity index (χ2n) is 5.62. The fourth-order valence-corrected chi connectivity index (χ4v) is 2.21. The number of nitrogens with zero attached hydrogens (tertiary/aromatic N) is 1. The summed E-state index contributed by atoms with van der Waals surface area (Å²) < 4.78 is 5.05. The van der Waals surface area contributed by atoms with E-state index in [1.807, 2.05) is 18.2 Å². The van der Waals surface area contributed by atoms with Crippen LogP contribution in [0.5, 0.6) is 0 Å². The highest BCUT2D eigenvalue weighted by Gasteiger charge is 2.12. The molecule has 0 heterocycles. The SMILES string of the molecule is CC[C@H](C)c1ccc(C(=O)COC(=O)c2ccc(C#N)cc2)cc1. The number of hydrogen-bond donors (Lipinski definition) is 0. The van der Waals surface area contributed by atoms with E-state index >= 15 is 0 Å². The molecular weight excluding hydrogens is 302 g/mol. The van der Waals surface area contributed by atoms with Crippen molar-refractivity contribution in [1.82, 2.24) is 0 Å². The summed E-state index contributed by atoms with van der Waals surface area (Å²) in [6, 6.07) is 15.5. The molecule has 0 bridgehead atoms. The molecular formula is C20H19NO3. The van der Waals surface area contributed by atoms with Crippen molar-refractivity contribution < 1.29 is 14.3 Å². The first-order chi connectivity index (χ1) is 11.5. The summed E-state index contributed by atoms with van der Waals surface area (Å²) in [7, 11) is 0. The van der Waals surface area contributed by atoms with Crippen LogP contribution in [0.1, 0.15) is 58.0 Å². The van der Waals surface area contributed by atoms with Crippen molar-refractivity contribution in [3.8, 4) is 6.07 Å². The number of benzene rings is 2. The van der Waals surface area contributed by atoms with Gasteiger partial charge in [-0.25, -0.2) is 4.79 Å². The van der Waals surface area contributed by atoms with Gasteiger partial charge in [0, 0.05) is 5.56 Å². The average molecular weight is 321 g/mol. The molecule has 4 heteroatoms. The first-order valence-electron chi connectivity index (χ1n) is 7.85. The van der Waals surface area contributed by atoms with Crippen LogP contribution in [0, 0.1) is 11.3 Å². The standard InChI is InChI=1S/C20H19NO3/c1-3-14(2)16-8-10-17(11-9-16)19(22)13-24-20(23)18-6-4-15(12-21)5-7-18/h4-11,14H,3,13H2,1-2H3/t14-/m0/s1. The van der Waals surface area contributed by atoms with Gasteiger partial charge in [-0.15, -0.1) is 0 Å². The highest BCUT2D eigenvalue weighted by atomic mass is 16.5. The number of Topliss-reactive ketones (excluding diaryl/α,β-unsaturated/α-hetero) is 1. The van der Waals surface area contributed by atoms with Gasteiger partial charge in [-0.2, -0.15) is 5.26 Å². The van der Waals surface area contributed by atoms with E-state index in [-0.39, 0.29) is 12.4 Å². The van der Waals surface area contributed by atoms with Crippen molar-refractivity contribution in [1.29, 1.82) is 5.26 Å². The van der Waals surface area contributed by atoms with Crippen molar-refractivity contribution in [2.75, 3.05) is 6.61 Å². The fraction of sp³-hybridized carbons (Fsp3) is 0.250. The molecule has 2 aromatic carbocycles. The molecule has 1 atom stereocenters. The normalized spacial score (nSPS) is 11.4. The lowest BCUT2D eigenvalue weighted by atomic mass is 9.97. The number of hydrogen-bond acceptors (Lipinski definition) is 4. The molecule has 0 saturated carbocycles. The molecule has 0 aliphatic carbocycles. The summed E-state index contributed by atoms with van der Waals surface area (Å²) in [5.74, 6) is -0.375. The molecule has 2 aromatic rings. The molecule has 0 radical (unpaired) electrons. The van der Waals surface area contributed by atoms with Crippen LogP contribution in [0.3, 0.4) is 0 Å². The van der Waals surface area contributed by atoms with Crippen LogP contribution in [0.25, 0.3) is 0 Å². The van der Waals surface area contributed by atoms with Crippen molar-refractivity contribution in [3.63, 3.8) is 0 Å². The lowest BCUT2D eigenvalue weighted by Crippen LogP contribution is -2.14. The molecule has 2 rings (SSSR count). The van der Waals surface area contributed by atoms with E-state index in [0.29, 0.717) is 22.6 Å². The first kappa shape index (κ1) is 17.4. The summed E-state index contributed by atoms with van der Waals surface area (Å²) in [5.41, 5.74) is 2.48. The predicted octanol–water partition coefficient (Wildman–Crippen LogP) is 4.11. The highest BCUT2D eigenvalue weighted by molar-refractivity contribution is 5.99. The van der Waals surface area contributed by atoms with Gasteiger partial charge in [0.1, 0.15) is 0 Å². The molecule has 122 valence electrons. The van der Waals surface area contributed by atoms with Crippen LogP contribution in [0.15, 0.2) is 48.5 Å². The van der Waals surface area contributed by atoms with E-state index in [4.69, 9.17) is 10.00 Å². The Labute approximate surface area is 141 Å². The molecule has 24 heavy (non-hydrogen) atoms. The van der Waals surface area contributed by atoms with E-state index in [9.17, 15) is 9.59 Å². The predicted molar refractivity (Wildman–Crippen MR) is 90.9 cm³/mol. The van der Waals surface area contributed by atoms with Gasteiger partial charge in [-0.1, -0.05) is 38.1 Å². The molecule has 0 spiro atoms. The molecule has 0 saturated heterocycles. The Balaban J connectivity index is 1.94. The molecule has 0 aliphatic heterocycles. The molecule has 0 fully saturated rings. The Morgan fingerprint density at radius 1 is 1.04 bits per heavy atom. The number of ketones is 1. The topological polar surface area (TPSA) is 67.2 Å². The van der Waals surface area contributed by atoms with Gasteiger partial charge >= 0.3 is 5.97 Å². The maximum absolute atomic E-state index is 12.1. The number of nitriles is 1. The molecule has 0 N–H and O–H groups in total. The zero-order valence-corrected chi connectivity index (χ0v) is 13.8. The Hall–Kier alpha value is -2.93. The van der Waals surface area contributed by atoms with Crippen LogP contribution in [0.2, 0.25) is 0 Å². The van der Waals surface area contributed by atoms with Gasteiger partial charge in [-0.3, -0.25) is 4.79 Å². The number of esters is 1. The van der Waals surface area contributed by atoms with E-state index in [1.165, 1.54) is 29.8 Å². The largest absolute Gasteiger partial charge is 0.454 e. The summed E-state index contributed by atoms with van der Waals surface area (Å²) >= 11 is 0. The third kappa shape index (κ3) is 4.30. The lowest BCUT2D eigenvalue weighted by Gasteiger charge is -2.09. The number of ether oxygens (including phenoxy) is 1. The summed E-state index contributed by atoms with van der Waals surface area (Å²) in [4.78, 5) is 24.0. The summed E-state index contributed by atoms with van der Waals surface area (Å²) in [5, 5.41) is 8.73. The molecule has 0 aliphatic rings. The van der Waals surface area contributed by atoms with Gasteiger partial charge in [0.05, 0.1) is 17.2 Å². The van der Waals surface area contributed by atoms with Crippen molar-refractivity contribution >= 4 is 11.8 Å². The van der Waals surface area contributed by atoms with E-state index < -0.39 is 5.97 Å².